The summed E-state index contributed by atoms with van der Waals surface area (Å²) in [6.45, 7) is 0.992. The minimum Gasteiger partial charge on any atom is -0.356 e. The first-order valence-corrected chi connectivity index (χ1v) is 13.7. The number of anilines is 2. The Kier molecular flexibility index (Phi) is 7.92. The van der Waals surface area contributed by atoms with Crippen LogP contribution in [-0.4, -0.2) is 58.6 Å². The van der Waals surface area contributed by atoms with Crippen molar-refractivity contribution in [2.45, 2.75) is 12.6 Å². The van der Waals surface area contributed by atoms with Gasteiger partial charge in [0.05, 0.1) is 18.6 Å². The van der Waals surface area contributed by atoms with Crippen molar-refractivity contribution in [2.75, 3.05) is 35.9 Å². The van der Waals surface area contributed by atoms with Crippen LogP contribution in [0.3, 0.4) is 0 Å². The summed E-state index contributed by atoms with van der Waals surface area (Å²) in [6.07, 6.45) is 0.914. The van der Waals surface area contributed by atoms with E-state index in [1.54, 1.807) is 60.7 Å². The van der Waals surface area contributed by atoms with Gasteiger partial charge in [0.15, 0.2) is 11.5 Å². The summed E-state index contributed by atoms with van der Waals surface area (Å²) < 4.78 is 70.2. The number of halogens is 1. The van der Waals surface area contributed by atoms with Crippen LogP contribution in [0.1, 0.15) is 6.92 Å². The predicted molar refractivity (Wildman–Crippen MR) is 132 cm³/mol. The maximum Gasteiger partial charge on any atom is 0.216 e. The van der Waals surface area contributed by atoms with Crippen molar-refractivity contribution in [3.8, 4) is 0 Å². The molecule has 1 atom stereocenters. The highest BCUT2D eigenvalue weighted by molar-refractivity contribution is 7.89. The molecule has 2 aromatic rings. The lowest BCUT2D eigenvalue weighted by Gasteiger charge is -2.46. The molecular formula is C21H27FN6O4S2. The summed E-state index contributed by atoms with van der Waals surface area (Å²) in [5.41, 5.74) is -1.02. The van der Waals surface area contributed by atoms with Gasteiger partial charge >= 0.3 is 0 Å². The smallest absolute Gasteiger partial charge is 0.216 e. The zero-order chi connectivity index (χ0) is 24.8. The van der Waals surface area contributed by atoms with Crippen molar-refractivity contribution in [1.29, 1.82) is 0 Å². The summed E-state index contributed by atoms with van der Waals surface area (Å²) in [6, 6.07) is 17.3. The van der Waals surface area contributed by atoms with Gasteiger partial charge in [0.2, 0.25) is 26.0 Å². The quantitative estimate of drug-likeness (QED) is 0.383. The number of rotatable bonds is 10. The third kappa shape index (κ3) is 6.11. The van der Waals surface area contributed by atoms with E-state index in [0.29, 0.717) is 11.4 Å². The van der Waals surface area contributed by atoms with Gasteiger partial charge in [-0.1, -0.05) is 36.4 Å². The fourth-order valence-corrected chi connectivity index (χ4v) is 4.84. The van der Waals surface area contributed by atoms with Gasteiger partial charge in [-0.05, 0) is 38.2 Å². The van der Waals surface area contributed by atoms with Gasteiger partial charge in [-0.2, -0.15) is 4.72 Å². The summed E-state index contributed by atoms with van der Waals surface area (Å²) in [5, 5.41) is 5.99. The average molecular weight is 511 g/mol. The number of sulfonamides is 2. The van der Waals surface area contributed by atoms with E-state index in [1.165, 1.54) is 18.9 Å². The van der Waals surface area contributed by atoms with Gasteiger partial charge in [0.1, 0.15) is 5.75 Å². The third-order valence-electron chi connectivity index (χ3n) is 5.10. The first kappa shape index (κ1) is 25.6. The van der Waals surface area contributed by atoms with Crippen LogP contribution in [0.2, 0.25) is 0 Å². The second-order valence-electron chi connectivity index (χ2n) is 7.37. The Labute approximate surface area is 199 Å². The van der Waals surface area contributed by atoms with Crippen LogP contribution in [0.4, 0.5) is 15.8 Å². The zero-order valence-corrected chi connectivity index (χ0v) is 20.3. The average Bonchev–Trinajstić information content (AvgIpc) is 2.82. The van der Waals surface area contributed by atoms with E-state index in [0.717, 1.165) is 6.20 Å². The molecule has 0 saturated carbocycles. The van der Waals surface area contributed by atoms with Crippen molar-refractivity contribution in [3.05, 3.63) is 72.7 Å². The lowest BCUT2D eigenvalue weighted by molar-refractivity contribution is 0.221. The van der Waals surface area contributed by atoms with Gasteiger partial charge in [-0.3, -0.25) is 4.90 Å². The number of nitrogens with zero attached hydrogens (tertiary/aromatic N) is 2. The topological polar surface area (TPSA) is 132 Å². The van der Waals surface area contributed by atoms with Crippen molar-refractivity contribution >= 4 is 37.4 Å². The minimum absolute atomic E-state index is 0.0427. The standard InChI is InChI=1S/C21H27FN6O4S2/c1-3-33(29,30)25-16-28-20(26-17-10-6-4-7-11-17)24-14-19(22)21(28,15-34(31,32)23-2)27-18-12-8-5-9-13-18/h4-14,23,25,27H,3,15-16H2,1-2H3,(H,24,26). The van der Waals surface area contributed by atoms with E-state index in [1.807, 2.05) is 0 Å². The van der Waals surface area contributed by atoms with E-state index in [2.05, 4.69) is 25.1 Å². The molecule has 1 unspecified atom stereocenters. The Hall–Kier alpha value is -3.00. The van der Waals surface area contributed by atoms with Crippen LogP contribution in [0, 0.1) is 0 Å². The van der Waals surface area contributed by atoms with Crippen molar-refractivity contribution in [3.63, 3.8) is 0 Å². The molecule has 0 spiro atoms. The molecule has 1 heterocycles. The second-order valence-corrected chi connectivity index (χ2v) is 11.4. The first-order valence-electron chi connectivity index (χ1n) is 10.4. The number of hydrogen-bond donors (Lipinski definition) is 4. The summed E-state index contributed by atoms with van der Waals surface area (Å²) in [7, 11) is -6.51. The maximum atomic E-state index is 15.7. The largest absolute Gasteiger partial charge is 0.356 e. The van der Waals surface area contributed by atoms with Crippen molar-refractivity contribution < 1.29 is 21.2 Å². The van der Waals surface area contributed by atoms with E-state index >= 15 is 4.39 Å². The number of guanidine groups is 1. The van der Waals surface area contributed by atoms with Gasteiger partial charge in [-0.15, -0.1) is 0 Å². The van der Waals surface area contributed by atoms with Crippen LogP contribution in [0.25, 0.3) is 0 Å². The molecule has 0 fully saturated rings. The molecule has 0 radical (unpaired) electrons. The highest BCUT2D eigenvalue weighted by atomic mass is 32.2. The highest BCUT2D eigenvalue weighted by Crippen LogP contribution is 2.33. The van der Waals surface area contributed by atoms with Crippen LogP contribution >= 0.6 is 0 Å². The molecule has 34 heavy (non-hydrogen) atoms. The molecule has 1 aliphatic heterocycles. The highest BCUT2D eigenvalue weighted by Gasteiger charge is 2.49. The number of hydrogen-bond acceptors (Lipinski definition) is 8. The summed E-state index contributed by atoms with van der Waals surface area (Å²) in [5.74, 6) is -1.87. The monoisotopic (exact) mass is 510 g/mol. The molecule has 184 valence electrons. The number of para-hydroxylation sites is 2. The first-order chi connectivity index (χ1) is 16.1. The second kappa shape index (κ2) is 10.5. The van der Waals surface area contributed by atoms with Gasteiger partial charge in [-0.25, -0.2) is 30.9 Å². The predicted octanol–water partition coefficient (Wildman–Crippen LogP) is 1.84. The molecule has 0 bridgehead atoms. The summed E-state index contributed by atoms with van der Waals surface area (Å²) >= 11 is 0. The molecule has 0 aliphatic carbocycles. The molecule has 0 amide bonds. The molecule has 10 nitrogen and oxygen atoms in total. The molecule has 3 rings (SSSR count). The Balaban J connectivity index is 2.14. The van der Waals surface area contributed by atoms with E-state index < -0.39 is 44.0 Å². The third-order valence-corrected chi connectivity index (χ3v) is 7.85. The molecule has 2 aromatic carbocycles. The molecule has 1 aliphatic rings. The van der Waals surface area contributed by atoms with E-state index in [4.69, 9.17) is 0 Å². The number of nitrogens with one attached hydrogen (secondary N) is 4. The molecule has 0 saturated heterocycles. The molecular weight excluding hydrogens is 483 g/mol. The fraction of sp³-hybridized carbons (Fsp3) is 0.286. The van der Waals surface area contributed by atoms with Crippen LogP contribution in [0.5, 0.6) is 0 Å². The molecule has 4 N–H and O–H groups in total. The zero-order valence-electron chi connectivity index (χ0n) is 18.7. The Morgan fingerprint density at radius 3 is 2.09 bits per heavy atom. The van der Waals surface area contributed by atoms with Crippen LogP contribution in [0.15, 0.2) is 77.7 Å². The lowest BCUT2D eigenvalue weighted by Crippen LogP contribution is -2.66. The van der Waals surface area contributed by atoms with Crippen LogP contribution < -0.4 is 20.1 Å². The van der Waals surface area contributed by atoms with E-state index in [-0.39, 0.29) is 11.7 Å². The van der Waals surface area contributed by atoms with Gasteiger partial charge < -0.3 is 10.6 Å². The van der Waals surface area contributed by atoms with Gasteiger partial charge in [0.25, 0.3) is 0 Å². The summed E-state index contributed by atoms with van der Waals surface area (Å²) in [4.78, 5) is 5.32. The molecule has 0 aromatic heterocycles. The Morgan fingerprint density at radius 2 is 1.53 bits per heavy atom. The maximum absolute atomic E-state index is 15.7. The number of benzene rings is 2. The fourth-order valence-electron chi connectivity index (χ4n) is 3.25. The minimum atomic E-state index is -4.01. The van der Waals surface area contributed by atoms with Gasteiger partial charge in [0, 0.05) is 11.4 Å². The SMILES string of the molecule is CCS(=O)(=O)NCN1C(Nc2ccccc2)=NC=C(F)C1(CS(=O)(=O)NC)Nc1ccccc1. The van der Waals surface area contributed by atoms with Crippen LogP contribution in [-0.2, 0) is 20.0 Å². The normalized spacial score (nSPS) is 18.7. The van der Waals surface area contributed by atoms with Crippen molar-refractivity contribution in [1.82, 2.24) is 14.3 Å². The molecule has 13 heteroatoms. The Bertz CT molecular complexity index is 1250. The van der Waals surface area contributed by atoms with E-state index in [9.17, 15) is 16.8 Å². The number of aliphatic imine (C=N–C) groups is 1. The lowest BCUT2D eigenvalue weighted by atomic mass is 10.1. The van der Waals surface area contributed by atoms with Crippen molar-refractivity contribution in [2.24, 2.45) is 4.99 Å². The Morgan fingerprint density at radius 1 is 0.941 bits per heavy atom.